The number of carbonyl (C=O) groups is 1. The second kappa shape index (κ2) is 10.5. The molecule has 1 N–H and O–H groups in total. The minimum absolute atomic E-state index is 0.118. The molecule has 9 heteroatoms. The number of nitro benzene ring substituents is 1. The van der Waals surface area contributed by atoms with Crippen LogP contribution in [0.3, 0.4) is 0 Å². The van der Waals surface area contributed by atoms with Crippen molar-refractivity contribution in [3.05, 3.63) is 96.6 Å². The highest BCUT2D eigenvalue weighted by atomic mass is 32.1. The van der Waals surface area contributed by atoms with E-state index < -0.39 is 10.7 Å². The molecule has 0 saturated carbocycles. The molecule has 34 heavy (non-hydrogen) atoms. The predicted molar refractivity (Wildman–Crippen MR) is 131 cm³/mol. The van der Waals surface area contributed by atoms with Crippen LogP contribution in [0.25, 0.3) is 11.1 Å². The molecule has 2 heterocycles. The summed E-state index contributed by atoms with van der Waals surface area (Å²) in [6.45, 7) is 2.42. The molecule has 8 nitrogen and oxygen atoms in total. The smallest absolute Gasteiger partial charge is 0.407 e. The summed E-state index contributed by atoms with van der Waals surface area (Å²) >= 11 is 1.59. The van der Waals surface area contributed by atoms with E-state index in [0.29, 0.717) is 11.9 Å². The summed E-state index contributed by atoms with van der Waals surface area (Å²) in [5.41, 5.74) is 2.78. The Labute approximate surface area is 200 Å². The summed E-state index contributed by atoms with van der Waals surface area (Å²) in [5, 5.41) is 16.1. The first-order valence-electron chi connectivity index (χ1n) is 11.2. The fraction of sp³-hybridized carbons (Fsp3) is 0.280. The average molecular weight is 480 g/mol. The molecular weight excluding hydrogens is 454 g/mol. The monoisotopic (exact) mass is 479 g/mol. The Balaban J connectivity index is 1.42. The highest BCUT2D eigenvalue weighted by molar-refractivity contribution is 7.10. The Kier molecular flexibility index (Phi) is 7.22. The molecule has 0 aliphatic heterocycles. The van der Waals surface area contributed by atoms with Gasteiger partial charge < -0.3 is 9.73 Å². The largest absolute Gasteiger partial charge is 0.419 e. The van der Waals surface area contributed by atoms with Gasteiger partial charge in [0, 0.05) is 23.9 Å². The Morgan fingerprint density at radius 3 is 2.68 bits per heavy atom. The number of carbonyl (C=O) groups excluding carboxylic acids is 1. The van der Waals surface area contributed by atoms with Crippen LogP contribution in [0.5, 0.6) is 0 Å². The van der Waals surface area contributed by atoms with Crippen molar-refractivity contribution in [1.29, 1.82) is 0 Å². The van der Waals surface area contributed by atoms with E-state index >= 15 is 0 Å². The van der Waals surface area contributed by atoms with Gasteiger partial charge in [-0.2, -0.15) is 0 Å². The Bertz CT molecular complexity index is 1340. The molecule has 0 aliphatic rings. The van der Waals surface area contributed by atoms with Gasteiger partial charge in [-0.15, -0.1) is 11.3 Å². The van der Waals surface area contributed by atoms with Crippen molar-refractivity contribution < 1.29 is 14.1 Å². The van der Waals surface area contributed by atoms with Gasteiger partial charge in [-0.25, -0.2) is 4.79 Å². The van der Waals surface area contributed by atoms with E-state index in [1.165, 1.54) is 28.3 Å². The molecule has 2 aromatic heterocycles. The standard InChI is InChI=1S/C25H25N3O5S/c1-2-5-17-8-10-18(11-9-17)24(22-6-4-15-34-22)26-23(29)7-3-14-27-20-13-12-19(28(31)32)16-21(20)33-25(27)30/h4,6,8-13,15-16,24H,2-3,5,7,14H2,1H3,(H,26,29). The molecule has 4 rings (SSSR count). The maximum Gasteiger partial charge on any atom is 0.419 e. The zero-order valence-corrected chi connectivity index (χ0v) is 19.5. The van der Waals surface area contributed by atoms with Crippen LogP contribution in [0.1, 0.15) is 48.2 Å². The second-order valence-electron chi connectivity index (χ2n) is 8.04. The predicted octanol–water partition coefficient (Wildman–Crippen LogP) is 5.20. The van der Waals surface area contributed by atoms with Crippen molar-refractivity contribution in [2.75, 3.05) is 0 Å². The molecule has 1 unspecified atom stereocenters. The number of benzene rings is 2. The fourth-order valence-electron chi connectivity index (χ4n) is 3.95. The van der Waals surface area contributed by atoms with Crippen LogP contribution >= 0.6 is 11.3 Å². The summed E-state index contributed by atoms with van der Waals surface area (Å²) in [5.74, 6) is -0.716. The van der Waals surface area contributed by atoms with Gasteiger partial charge in [-0.3, -0.25) is 19.5 Å². The lowest BCUT2D eigenvalue weighted by molar-refractivity contribution is -0.384. The number of nitro groups is 1. The molecule has 0 saturated heterocycles. The summed E-state index contributed by atoms with van der Waals surface area (Å²) in [6, 6.07) is 16.1. The Morgan fingerprint density at radius 2 is 2.00 bits per heavy atom. The quantitative estimate of drug-likeness (QED) is 0.248. The molecule has 0 spiro atoms. The van der Waals surface area contributed by atoms with E-state index in [1.807, 2.05) is 17.5 Å². The number of thiophene rings is 1. The van der Waals surface area contributed by atoms with E-state index in [9.17, 15) is 19.7 Å². The van der Waals surface area contributed by atoms with Gasteiger partial charge >= 0.3 is 5.76 Å². The van der Waals surface area contributed by atoms with Crippen molar-refractivity contribution in [2.24, 2.45) is 0 Å². The topological polar surface area (TPSA) is 107 Å². The van der Waals surface area contributed by atoms with Crippen LogP contribution in [0.2, 0.25) is 0 Å². The van der Waals surface area contributed by atoms with Crippen molar-refractivity contribution >= 4 is 34.0 Å². The van der Waals surface area contributed by atoms with Crippen LogP contribution in [0.15, 0.2) is 69.2 Å². The SMILES string of the molecule is CCCc1ccc(C(NC(=O)CCCn2c(=O)oc3cc([N+](=O)[O-])ccc32)c2cccs2)cc1. The normalized spacial score (nSPS) is 12.0. The summed E-state index contributed by atoms with van der Waals surface area (Å²) in [6.07, 6.45) is 2.74. The van der Waals surface area contributed by atoms with E-state index in [2.05, 4.69) is 36.5 Å². The van der Waals surface area contributed by atoms with Crippen molar-refractivity contribution in [3.8, 4) is 0 Å². The van der Waals surface area contributed by atoms with Gasteiger partial charge in [-0.1, -0.05) is 43.7 Å². The van der Waals surface area contributed by atoms with Crippen LogP contribution < -0.4 is 11.1 Å². The number of amides is 1. The van der Waals surface area contributed by atoms with Crippen molar-refractivity contribution in [2.45, 2.75) is 45.2 Å². The zero-order valence-electron chi connectivity index (χ0n) is 18.7. The number of fused-ring (bicyclic) bond motifs is 1. The number of hydrogen-bond donors (Lipinski definition) is 1. The van der Waals surface area contributed by atoms with Crippen LogP contribution in [0, 0.1) is 10.1 Å². The number of oxazole rings is 1. The number of aryl methyl sites for hydroxylation is 2. The number of non-ortho nitro benzene ring substituents is 1. The van der Waals surface area contributed by atoms with Gasteiger partial charge in [0.05, 0.1) is 22.5 Å². The van der Waals surface area contributed by atoms with Gasteiger partial charge in [0.15, 0.2) is 5.58 Å². The number of aromatic nitrogens is 1. The van der Waals surface area contributed by atoms with E-state index in [0.717, 1.165) is 23.3 Å². The lowest BCUT2D eigenvalue weighted by Gasteiger charge is -2.18. The molecule has 1 atom stereocenters. The number of rotatable bonds is 10. The Hall–Kier alpha value is -3.72. The molecule has 2 aromatic carbocycles. The highest BCUT2D eigenvalue weighted by Crippen LogP contribution is 2.27. The van der Waals surface area contributed by atoms with E-state index in [4.69, 9.17) is 4.42 Å². The van der Waals surface area contributed by atoms with Crippen LogP contribution in [-0.2, 0) is 17.8 Å². The average Bonchev–Trinajstić information content (AvgIpc) is 3.46. The minimum Gasteiger partial charge on any atom is -0.407 e. The molecule has 176 valence electrons. The third-order valence-electron chi connectivity index (χ3n) is 5.63. The first-order valence-corrected chi connectivity index (χ1v) is 12.0. The molecule has 4 aromatic rings. The van der Waals surface area contributed by atoms with E-state index in [1.54, 1.807) is 11.3 Å². The highest BCUT2D eigenvalue weighted by Gasteiger charge is 2.19. The third kappa shape index (κ3) is 5.26. The maximum absolute atomic E-state index is 12.8. The summed E-state index contributed by atoms with van der Waals surface area (Å²) in [7, 11) is 0. The fourth-order valence-corrected chi connectivity index (χ4v) is 4.75. The number of nitrogens with zero attached hydrogens (tertiary/aromatic N) is 2. The zero-order chi connectivity index (χ0) is 24.1. The van der Waals surface area contributed by atoms with Gasteiger partial charge in [0.2, 0.25) is 5.91 Å². The van der Waals surface area contributed by atoms with Gasteiger partial charge in [0.25, 0.3) is 5.69 Å². The van der Waals surface area contributed by atoms with Crippen LogP contribution in [-0.4, -0.2) is 15.4 Å². The van der Waals surface area contributed by atoms with Gasteiger partial charge in [-0.05, 0) is 41.5 Å². The summed E-state index contributed by atoms with van der Waals surface area (Å²) < 4.78 is 6.55. The molecule has 0 bridgehead atoms. The second-order valence-corrected chi connectivity index (χ2v) is 9.02. The molecule has 0 fully saturated rings. The molecule has 1 amide bonds. The lowest BCUT2D eigenvalue weighted by Crippen LogP contribution is -2.29. The third-order valence-corrected chi connectivity index (χ3v) is 6.57. The first kappa shape index (κ1) is 23.4. The lowest BCUT2D eigenvalue weighted by atomic mass is 10.0. The number of hydrogen-bond acceptors (Lipinski definition) is 6. The van der Waals surface area contributed by atoms with E-state index in [-0.39, 0.29) is 36.2 Å². The Morgan fingerprint density at radius 1 is 1.21 bits per heavy atom. The summed E-state index contributed by atoms with van der Waals surface area (Å²) in [4.78, 5) is 36.5. The maximum atomic E-state index is 12.8. The molecular formula is C25H25N3O5S. The molecule has 0 aliphatic carbocycles. The first-order chi connectivity index (χ1) is 16.5. The van der Waals surface area contributed by atoms with Gasteiger partial charge in [0.1, 0.15) is 0 Å². The van der Waals surface area contributed by atoms with Crippen molar-refractivity contribution in [1.82, 2.24) is 9.88 Å². The number of nitrogens with one attached hydrogen (secondary N) is 1. The van der Waals surface area contributed by atoms with Crippen molar-refractivity contribution in [3.63, 3.8) is 0 Å². The minimum atomic E-state index is -0.598. The molecule has 0 radical (unpaired) electrons. The van der Waals surface area contributed by atoms with Crippen LogP contribution in [0.4, 0.5) is 5.69 Å².